The van der Waals surface area contributed by atoms with Gasteiger partial charge in [-0.05, 0) is 100 Å². The van der Waals surface area contributed by atoms with Crippen LogP contribution in [0.1, 0.15) is 46.6 Å². The second-order valence-corrected chi connectivity index (χ2v) is 14.0. The largest absolute Gasteiger partial charge is 0.494 e. The lowest BCUT2D eigenvalue weighted by Crippen LogP contribution is -2.55. The maximum atomic E-state index is 14.2. The standard InChI is InChI=1S/C31H36Cl3N3O5S/c1-6-28(30(39)35-31(3,4)5)36(19-21-8-9-23(33)18-27(21)34)29(38)20-37(24-12-14-25(15-13-24)42-7-2)43(40,41)26-16-10-22(32)11-17-26/h8-18,28H,6-7,19-20H2,1-5H3,(H,35,39)/t28-/m1/s1. The van der Waals surface area contributed by atoms with Gasteiger partial charge in [-0.1, -0.05) is 47.8 Å². The second-order valence-electron chi connectivity index (χ2n) is 10.8. The highest BCUT2D eigenvalue weighted by molar-refractivity contribution is 7.92. The molecule has 12 heteroatoms. The van der Waals surface area contributed by atoms with Gasteiger partial charge in [0.15, 0.2) is 0 Å². The predicted molar refractivity (Wildman–Crippen MR) is 173 cm³/mol. The quantitative estimate of drug-likeness (QED) is 0.225. The molecule has 0 saturated carbocycles. The molecule has 1 N–H and O–H groups in total. The number of halogens is 3. The van der Waals surface area contributed by atoms with E-state index < -0.39 is 34.1 Å². The number of hydrogen-bond acceptors (Lipinski definition) is 5. The van der Waals surface area contributed by atoms with Crippen molar-refractivity contribution in [3.63, 3.8) is 0 Å². The Kier molecular flexibility index (Phi) is 11.8. The number of amides is 2. The fraction of sp³-hybridized carbons (Fsp3) is 0.355. The fourth-order valence-corrected chi connectivity index (χ4v) is 6.35. The van der Waals surface area contributed by atoms with Crippen LogP contribution in [0.25, 0.3) is 0 Å². The summed E-state index contributed by atoms with van der Waals surface area (Å²) in [7, 11) is -4.25. The van der Waals surface area contributed by atoms with Gasteiger partial charge in [0.25, 0.3) is 10.0 Å². The lowest BCUT2D eigenvalue weighted by Gasteiger charge is -2.35. The van der Waals surface area contributed by atoms with Crippen LogP contribution in [-0.2, 0) is 26.2 Å². The molecule has 1 atom stereocenters. The Bertz CT molecular complexity index is 1530. The summed E-state index contributed by atoms with van der Waals surface area (Å²) >= 11 is 18.6. The van der Waals surface area contributed by atoms with Crippen molar-refractivity contribution in [2.24, 2.45) is 0 Å². The monoisotopic (exact) mass is 667 g/mol. The summed E-state index contributed by atoms with van der Waals surface area (Å²) < 4.78 is 34.5. The highest BCUT2D eigenvalue weighted by atomic mass is 35.5. The third-order valence-corrected chi connectivity index (χ3v) is 8.98. The normalized spacial score (nSPS) is 12.4. The van der Waals surface area contributed by atoms with Crippen LogP contribution in [0.15, 0.2) is 71.6 Å². The average molecular weight is 669 g/mol. The maximum Gasteiger partial charge on any atom is 0.264 e. The molecule has 232 valence electrons. The lowest BCUT2D eigenvalue weighted by atomic mass is 10.1. The lowest BCUT2D eigenvalue weighted by molar-refractivity contribution is -0.141. The summed E-state index contributed by atoms with van der Waals surface area (Å²) in [4.78, 5) is 29.0. The number of benzene rings is 3. The minimum absolute atomic E-state index is 0.0524. The topological polar surface area (TPSA) is 96.0 Å². The first-order chi connectivity index (χ1) is 20.2. The van der Waals surface area contributed by atoms with Crippen LogP contribution in [-0.4, -0.2) is 49.9 Å². The minimum Gasteiger partial charge on any atom is -0.494 e. The molecule has 2 amide bonds. The van der Waals surface area contributed by atoms with Crippen molar-refractivity contribution >= 4 is 62.3 Å². The van der Waals surface area contributed by atoms with Crippen LogP contribution in [0, 0.1) is 0 Å². The molecule has 0 spiro atoms. The molecular weight excluding hydrogens is 633 g/mol. The Balaban J connectivity index is 2.10. The van der Waals surface area contributed by atoms with Gasteiger partial charge in [-0.15, -0.1) is 0 Å². The van der Waals surface area contributed by atoms with E-state index in [1.165, 1.54) is 29.2 Å². The van der Waals surface area contributed by atoms with E-state index in [1.807, 2.05) is 27.7 Å². The summed E-state index contributed by atoms with van der Waals surface area (Å²) in [6, 6.07) is 16.0. The molecule has 0 unspecified atom stereocenters. The zero-order valence-corrected chi connectivity index (χ0v) is 27.8. The van der Waals surface area contributed by atoms with Crippen molar-refractivity contribution in [3.8, 4) is 5.75 Å². The number of hydrogen-bond donors (Lipinski definition) is 1. The molecule has 43 heavy (non-hydrogen) atoms. The molecule has 0 aliphatic rings. The van der Waals surface area contributed by atoms with E-state index >= 15 is 0 Å². The fourth-order valence-electron chi connectivity index (χ4n) is 4.34. The zero-order chi connectivity index (χ0) is 31.9. The van der Waals surface area contributed by atoms with E-state index in [-0.39, 0.29) is 29.5 Å². The second kappa shape index (κ2) is 14.7. The smallest absolute Gasteiger partial charge is 0.264 e. The molecule has 0 radical (unpaired) electrons. The molecule has 0 aliphatic carbocycles. The van der Waals surface area contributed by atoms with Gasteiger partial charge in [0, 0.05) is 27.2 Å². The van der Waals surface area contributed by atoms with Crippen molar-refractivity contribution in [2.75, 3.05) is 17.5 Å². The highest BCUT2D eigenvalue weighted by Crippen LogP contribution is 2.29. The number of carbonyl (C=O) groups is 2. The first-order valence-electron chi connectivity index (χ1n) is 13.7. The van der Waals surface area contributed by atoms with Gasteiger partial charge in [-0.2, -0.15) is 0 Å². The number of anilines is 1. The molecular formula is C31H36Cl3N3O5S. The van der Waals surface area contributed by atoms with Crippen molar-refractivity contribution < 1.29 is 22.7 Å². The molecule has 0 aromatic heterocycles. The van der Waals surface area contributed by atoms with E-state index in [2.05, 4.69) is 5.32 Å². The predicted octanol–water partition coefficient (Wildman–Crippen LogP) is 6.96. The Morgan fingerprint density at radius 3 is 2.05 bits per heavy atom. The molecule has 3 aromatic carbocycles. The Morgan fingerprint density at radius 1 is 0.907 bits per heavy atom. The minimum atomic E-state index is -4.25. The molecule has 0 heterocycles. The summed E-state index contributed by atoms with van der Waals surface area (Å²) in [5.41, 5.74) is 0.224. The Hall–Kier alpha value is -2.98. The number of nitrogens with one attached hydrogen (secondary N) is 1. The van der Waals surface area contributed by atoms with E-state index in [1.54, 1.807) is 49.4 Å². The SMILES string of the molecule is CCOc1ccc(N(CC(=O)N(Cc2ccc(Cl)cc2Cl)[C@H](CC)C(=O)NC(C)(C)C)S(=O)(=O)c2ccc(Cl)cc2)cc1. The maximum absolute atomic E-state index is 14.2. The summed E-state index contributed by atoms with van der Waals surface area (Å²) in [5, 5.41) is 4.03. The van der Waals surface area contributed by atoms with E-state index in [0.717, 1.165) is 4.31 Å². The summed E-state index contributed by atoms with van der Waals surface area (Å²) in [5.74, 6) is -0.430. The first kappa shape index (κ1) is 34.5. The summed E-state index contributed by atoms with van der Waals surface area (Å²) in [6.07, 6.45) is 0.270. The Morgan fingerprint density at radius 2 is 1.51 bits per heavy atom. The number of ether oxygens (including phenoxy) is 1. The molecule has 3 aromatic rings. The highest BCUT2D eigenvalue weighted by Gasteiger charge is 2.35. The van der Waals surface area contributed by atoms with Gasteiger partial charge in [-0.3, -0.25) is 13.9 Å². The van der Waals surface area contributed by atoms with Crippen LogP contribution < -0.4 is 14.4 Å². The van der Waals surface area contributed by atoms with Gasteiger partial charge in [0.05, 0.1) is 17.2 Å². The van der Waals surface area contributed by atoms with Gasteiger partial charge in [0.1, 0.15) is 18.3 Å². The zero-order valence-electron chi connectivity index (χ0n) is 24.7. The van der Waals surface area contributed by atoms with Crippen molar-refractivity contribution in [1.29, 1.82) is 0 Å². The number of carbonyl (C=O) groups excluding carboxylic acids is 2. The van der Waals surface area contributed by atoms with Crippen LogP contribution in [0.2, 0.25) is 15.1 Å². The Labute approximate surface area is 268 Å². The number of rotatable bonds is 12. The number of sulfonamides is 1. The van der Waals surface area contributed by atoms with Crippen LogP contribution in [0.4, 0.5) is 5.69 Å². The van der Waals surface area contributed by atoms with Crippen LogP contribution in [0.5, 0.6) is 5.75 Å². The molecule has 0 bridgehead atoms. The third kappa shape index (κ3) is 9.25. The summed E-state index contributed by atoms with van der Waals surface area (Å²) in [6.45, 7) is 8.93. The average Bonchev–Trinajstić information content (AvgIpc) is 2.92. The molecule has 0 saturated heterocycles. The van der Waals surface area contributed by atoms with Gasteiger partial charge < -0.3 is 15.0 Å². The molecule has 8 nitrogen and oxygen atoms in total. The van der Waals surface area contributed by atoms with Crippen LogP contribution >= 0.6 is 34.8 Å². The van der Waals surface area contributed by atoms with E-state index in [0.29, 0.717) is 33.0 Å². The first-order valence-corrected chi connectivity index (χ1v) is 16.3. The van der Waals surface area contributed by atoms with E-state index in [4.69, 9.17) is 39.5 Å². The van der Waals surface area contributed by atoms with Gasteiger partial charge in [-0.25, -0.2) is 8.42 Å². The van der Waals surface area contributed by atoms with Crippen molar-refractivity contribution in [2.45, 2.75) is 64.1 Å². The van der Waals surface area contributed by atoms with Gasteiger partial charge >= 0.3 is 0 Å². The molecule has 0 fully saturated rings. The van der Waals surface area contributed by atoms with Crippen LogP contribution in [0.3, 0.4) is 0 Å². The third-order valence-electron chi connectivity index (χ3n) is 6.36. The van der Waals surface area contributed by atoms with Crippen molar-refractivity contribution in [3.05, 3.63) is 87.4 Å². The van der Waals surface area contributed by atoms with E-state index in [9.17, 15) is 18.0 Å². The van der Waals surface area contributed by atoms with Crippen molar-refractivity contribution in [1.82, 2.24) is 10.2 Å². The molecule has 0 aliphatic heterocycles. The van der Waals surface area contributed by atoms with Gasteiger partial charge in [0.2, 0.25) is 11.8 Å². The number of nitrogens with zero attached hydrogens (tertiary/aromatic N) is 2. The molecule has 3 rings (SSSR count).